The molecule has 0 saturated carbocycles. The Hall–Kier alpha value is -4.38. The highest BCUT2D eigenvalue weighted by molar-refractivity contribution is 6.84. The molecule has 0 aliphatic carbocycles. The van der Waals surface area contributed by atoms with Crippen molar-refractivity contribution >= 4 is 57.0 Å². The lowest BCUT2D eigenvalue weighted by Crippen LogP contribution is -2.67. The molecule has 9 rings (SSSR count). The van der Waals surface area contributed by atoms with Gasteiger partial charge in [0.1, 0.15) is 53.8 Å². The maximum Gasteiger partial charge on any atom is 0.335 e. The van der Waals surface area contributed by atoms with Crippen LogP contribution in [-0.2, 0) is 27.2 Å². The summed E-state index contributed by atoms with van der Waals surface area (Å²) in [6, 6.07) is 8.84. The van der Waals surface area contributed by atoms with Crippen molar-refractivity contribution in [1.29, 1.82) is 0 Å². The molecule has 4 aliphatic heterocycles. The standard InChI is InChI=1S/C32H49N5O7Si2.C13H17N5O4/c1-20(2)45(21(3)4)41-17-25-27(43-46(44-45,22(5)6)23(7)8)32(40,15-12-16-38)31(42-25)37-19-35-26-28(33-18-34-29(26)37)36-30(39)24-13-10-9-11-14-24;14-10-8-11(16-5-15-10)18(6-17-8)12-13(2-1-3-21-13)9(20)7(4-19)22-12/h9-11,13-14,18-23,25,27,31,38,40H,12,15-17H2,1-8H3,(H,33,34,36,39);5-7,9,12,19-20H,1-4H2,(H2,14,15,16)/t25-,27-,31?,32-;7-,9-,12?,13-/m11/s1. The van der Waals surface area contributed by atoms with Gasteiger partial charge in [-0.25, -0.2) is 29.9 Å². The molecule has 1 spiro atoms. The van der Waals surface area contributed by atoms with Crippen molar-refractivity contribution in [3.63, 3.8) is 0 Å². The summed E-state index contributed by atoms with van der Waals surface area (Å²) in [6.45, 7) is 17.5. The number of rotatable bonds is 12. The van der Waals surface area contributed by atoms with Gasteiger partial charge in [-0.15, -0.1) is 0 Å². The van der Waals surface area contributed by atoms with Crippen LogP contribution in [0, 0.1) is 0 Å². The van der Waals surface area contributed by atoms with Gasteiger partial charge in [-0.1, -0.05) is 73.6 Å². The summed E-state index contributed by atoms with van der Waals surface area (Å²) in [7, 11) is -5.93. The molecular weight excluding hydrogens is 913 g/mol. The molecule has 21 nitrogen and oxygen atoms in total. The summed E-state index contributed by atoms with van der Waals surface area (Å²) >= 11 is 0. The Morgan fingerprint density at radius 3 is 2.10 bits per heavy atom. The third kappa shape index (κ3) is 8.56. The average Bonchev–Trinajstić information content (AvgIpc) is 4.16. The molecule has 5 aromatic rings. The summed E-state index contributed by atoms with van der Waals surface area (Å²) in [5.41, 5.74) is 5.92. The number of carbonyl (C=O) groups excluding carboxylic acids is 1. The van der Waals surface area contributed by atoms with Crippen LogP contribution in [0.5, 0.6) is 0 Å². The van der Waals surface area contributed by atoms with E-state index in [9.17, 15) is 25.2 Å². The Morgan fingerprint density at radius 1 is 0.853 bits per heavy atom. The quantitative estimate of drug-likeness (QED) is 0.0929. The van der Waals surface area contributed by atoms with Crippen LogP contribution in [0.2, 0.25) is 22.2 Å². The lowest BCUT2D eigenvalue weighted by atomic mass is 9.89. The Kier molecular flexibility index (Phi) is 14.6. The smallest absolute Gasteiger partial charge is 0.335 e. The van der Waals surface area contributed by atoms with E-state index in [4.69, 9.17) is 32.9 Å². The number of nitrogen functional groups attached to an aromatic ring is 1. The average molecular weight is 979 g/mol. The number of fused-ring (bicyclic) bond motifs is 3. The molecule has 2 unspecified atom stereocenters. The second-order valence-corrected chi connectivity index (χ2v) is 28.2. The van der Waals surface area contributed by atoms with E-state index >= 15 is 0 Å². The molecule has 4 aromatic heterocycles. The van der Waals surface area contributed by atoms with Gasteiger partial charge in [-0.05, 0) is 60.0 Å². The number of nitrogens with two attached hydrogens (primary N) is 1. The molecule has 1 amide bonds. The molecule has 7 N–H and O–H groups in total. The number of imidazole rings is 2. The third-order valence-electron chi connectivity index (χ3n) is 14.0. The number of anilines is 2. The topological polar surface area (TPSA) is 279 Å². The Bertz CT molecular complexity index is 2510. The van der Waals surface area contributed by atoms with E-state index in [1.54, 1.807) is 46.1 Å². The first-order chi connectivity index (χ1) is 32.5. The van der Waals surface area contributed by atoms with Crippen molar-refractivity contribution in [2.45, 2.75) is 151 Å². The lowest BCUT2D eigenvalue weighted by Gasteiger charge is -2.52. The molecule has 23 heteroatoms. The number of carbonyl (C=O) groups is 1. The first kappa shape index (κ1) is 50.0. The van der Waals surface area contributed by atoms with Crippen molar-refractivity contribution in [2.24, 2.45) is 0 Å². The number of ether oxygens (including phenoxy) is 3. The zero-order valence-corrected chi connectivity index (χ0v) is 41.9. The first-order valence-electron chi connectivity index (χ1n) is 23.5. The van der Waals surface area contributed by atoms with E-state index in [1.807, 2.05) is 6.07 Å². The van der Waals surface area contributed by atoms with Crippen LogP contribution in [-0.4, -0.2) is 145 Å². The number of hydrogen-bond donors (Lipinski definition) is 6. The molecule has 4 saturated heterocycles. The molecule has 0 bridgehead atoms. The first-order valence-corrected chi connectivity index (χ1v) is 27.5. The van der Waals surface area contributed by atoms with Crippen LogP contribution in [0.3, 0.4) is 0 Å². The maximum absolute atomic E-state index is 13.0. The van der Waals surface area contributed by atoms with Crippen molar-refractivity contribution < 1.29 is 52.4 Å². The summed E-state index contributed by atoms with van der Waals surface area (Å²) in [5.74, 6) is 0.189. The van der Waals surface area contributed by atoms with E-state index in [0.29, 0.717) is 47.3 Å². The molecule has 4 fully saturated rings. The molecule has 370 valence electrons. The van der Waals surface area contributed by atoms with Gasteiger partial charge >= 0.3 is 17.1 Å². The van der Waals surface area contributed by atoms with E-state index in [0.717, 1.165) is 6.42 Å². The number of nitrogens with zero attached hydrogens (tertiary/aromatic N) is 8. The number of hydrogen-bond acceptors (Lipinski definition) is 18. The number of benzene rings is 1. The second kappa shape index (κ2) is 19.8. The van der Waals surface area contributed by atoms with Crippen LogP contribution in [0.15, 0.2) is 55.6 Å². The largest absolute Gasteiger partial charge is 0.414 e. The minimum absolute atomic E-state index is 0.0537. The van der Waals surface area contributed by atoms with E-state index in [2.05, 4.69) is 90.6 Å². The van der Waals surface area contributed by atoms with Crippen molar-refractivity contribution in [3.8, 4) is 0 Å². The minimum atomic E-state index is -3.09. The normalized spacial score (nSPS) is 28.9. The summed E-state index contributed by atoms with van der Waals surface area (Å²) in [4.78, 5) is 38.7. The molecule has 8 heterocycles. The predicted octanol–water partition coefficient (Wildman–Crippen LogP) is 4.64. The Labute approximate surface area is 397 Å². The number of aliphatic hydroxyl groups excluding tert-OH is 3. The molecule has 8 atom stereocenters. The van der Waals surface area contributed by atoms with Gasteiger partial charge in [0.2, 0.25) is 0 Å². The van der Waals surface area contributed by atoms with Gasteiger partial charge in [0, 0.05) is 18.8 Å². The van der Waals surface area contributed by atoms with Crippen LogP contribution in [0.1, 0.15) is 104 Å². The van der Waals surface area contributed by atoms with Crippen molar-refractivity contribution in [2.75, 3.05) is 37.5 Å². The second-order valence-electron chi connectivity index (χ2n) is 19.4. The van der Waals surface area contributed by atoms with Gasteiger partial charge in [-0.2, -0.15) is 0 Å². The van der Waals surface area contributed by atoms with Crippen LogP contribution < -0.4 is 11.1 Å². The summed E-state index contributed by atoms with van der Waals surface area (Å²) in [5, 5.41) is 45.4. The van der Waals surface area contributed by atoms with Crippen LogP contribution >= 0.6 is 0 Å². The van der Waals surface area contributed by atoms with Gasteiger partial charge in [0.05, 0.1) is 25.9 Å². The van der Waals surface area contributed by atoms with E-state index in [-0.39, 0.29) is 65.9 Å². The zero-order valence-electron chi connectivity index (χ0n) is 39.9. The highest BCUT2D eigenvalue weighted by atomic mass is 28.5. The highest BCUT2D eigenvalue weighted by Crippen LogP contribution is 2.53. The highest BCUT2D eigenvalue weighted by Gasteiger charge is 2.66. The van der Waals surface area contributed by atoms with Gasteiger partial charge in [0.15, 0.2) is 40.9 Å². The molecule has 4 aliphatic rings. The van der Waals surface area contributed by atoms with Crippen LogP contribution in [0.25, 0.3) is 22.3 Å². The van der Waals surface area contributed by atoms with Crippen molar-refractivity contribution in [3.05, 3.63) is 61.2 Å². The molecule has 0 radical (unpaired) electrons. The number of nitrogens with one attached hydrogen (secondary N) is 1. The third-order valence-corrected chi connectivity index (χ3v) is 24.2. The number of amides is 1. The minimum Gasteiger partial charge on any atom is -0.414 e. The Morgan fingerprint density at radius 2 is 1.49 bits per heavy atom. The fourth-order valence-corrected chi connectivity index (χ4v) is 21.7. The Balaban J connectivity index is 0.000000235. The number of aromatic nitrogens is 8. The number of aliphatic hydroxyl groups is 4. The van der Waals surface area contributed by atoms with Crippen molar-refractivity contribution in [1.82, 2.24) is 39.0 Å². The van der Waals surface area contributed by atoms with Crippen LogP contribution in [0.4, 0.5) is 11.6 Å². The van der Waals surface area contributed by atoms with E-state index < -0.39 is 65.2 Å². The molecular formula is C45H66N10O11Si2. The van der Waals surface area contributed by atoms with Gasteiger partial charge in [0.25, 0.3) is 5.91 Å². The van der Waals surface area contributed by atoms with Gasteiger partial charge in [-0.3, -0.25) is 13.9 Å². The summed E-state index contributed by atoms with van der Waals surface area (Å²) in [6.07, 6.45) is 3.11. The fourth-order valence-electron chi connectivity index (χ4n) is 10.5. The molecule has 68 heavy (non-hydrogen) atoms. The van der Waals surface area contributed by atoms with E-state index in [1.165, 1.54) is 12.7 Å². The monoisotopic (exact) mass is 978 g/mol. The zero-order chi connectivity index (χ0) is 48.8. The fraction of sp³-hybridized carbons (Fsp3) is 0.622. The molecule has 1 aromatic carbocycles. The van der Waals surface area contributed by atoms with Gasteiger partial charge < -0.3 is 58.7 Å². The SMILES string of the molecule is CC(C)[Si]1(C(C)C)OC[C@H]2OC(n3cnc4c(NC(=O)c5ccccc5)ncnc43)[C@@](O)(CCCO)[C@@H]2O[Si](C(C)C)(C(C)C)O1.Nc1ncnc2c1ncn2C1O[C@H](CO)[C@@H](O)[C@]12CCCO2. The lowest BCUT2D eigenvalue weighted by molar-refractivity contribution is -0.119. The summed E-state index contributed by atoms with van der Waals surface area (Å²) < 4.78 is 43.3. The maximum atomic E-state index is 13.0. The predicted molar refractivity (Wildman–Crippen MR) is 253 cm³/mol.